The molecule has 1 heterocycles. The van der Waals surface area contributed by atoms with Gasteiger partial charge in [0, 0.05) is 6.04 Å². The van der Waals surface area contributed by atoms with Gasteiger partial charge in [-0.15, -0.1) is 0 Å². The Balaban J connectivity index is 1.94. The van der Waals surface area contributed by atoms with Crippen molar-refractivity contribution in [3.05, 3.63) is 29.8 Å². The Bertz CT molecular complexity index is 331. The molecule has 1 saturated heterocycles. The van der Waals surface area contributed by atoms with Gasteiger partial charge in [0.25, 0.3) is 0 Å². The minimum atomic E-state index is 0.376. The van der Waals surface area contributed by atoms with Gasteiger partial charge in [-0.2, -0.15) is 0 Å². The Kier molecular flexibility index (Phi) is 3.83. The summed E-state index contributed by atoms with van der Waals surface area (Å²) in [5.74, 6) is 0.892. The monoisotopic (exact) mass is 219 g/mol. The molecule has 2 heteroatoms. The molecule has 0 saturated carbocycles. The summed E-state index contributed by atoms with van der Waals surface area (Å²) in [6.07, 6.45) is 5.13. The van der Waals surface area contributed by atoms with Gasteiger partial charge in [0.2, 0.25) is 0 Å². The number of phenolic OH excluding ortho intramolecular Hbond substituents is 1. The van der Waals surface area contributed by atoms with Crippen molar-refractivity contribution in [3.8, 4) is 5.75 Å². The van der Waals surface area contributed by atoms with Crippen molar-refractivity contribution in [2.45, 2.75) is 44.6 Å². The molecule has 1 aromatic rings. The molecule has 0 aromatic heterocycles. The molecule has 16 heavy (non-hydrogen) atoms. The first-order valence-corrected chi connectivity index (χ1v) is 6.28. The van der Waals surface area contributed by atoms with Gasteiger partial charge >= 0.3 is 0 Å². The molecule has 0 aliphatic carbocycles. The minimum absolute atomic E-state index is 0.376. The molecular weight excluding hydrogens is 198 g/mol. The highest BCUT2D eigenvalue weighted by Gasteiger charge is 2.16. The van der Waals surface area contributed by atoms with Crippen LogP contribution in [0.5, 0.6) is 5.75 Å². The van der Waals surface area contributed by atoms with Crippen LogP contribution in [0, 0.1) is 0 Å². The number of rotatable bonds is 3. The standard InChI is InChI=1S/C14H21NO/c1-11(9-13-6-2-3-8-15-13)12-5-4-7-14(16)10-12/h4-5,7,10-11,13,15-16H,2-3,6,8-9H2,1H3. The van der Waals surface area contributed by atoms with Gasteiger partial charge in [-0.05, 0) is 49.4 Å². The zero-order chi connectivity index (χ0) is 11.4. The van der Waals surface area contributed by atoms with Crippen molar-refractivity contribution in [1.29, 1.82) is 0 Å². The fraction of sp³-hybridized carbons (Fsp3) is 0.571. The second kappa shape index (κ2) is 5.35. The van der Waals surface area contributed by atoms with Crippen LogP contribution in [0.15, 0.2) is 24.3 Å². The second-order valence-corrected chi connectivity index (χ2v) is 4.88. The van der Waals surface area contributed by atoms with Crippen LogP contribution in [0.25, 0.3) is 0 Å². The number of benzene rings is 1. The van der Waals surface area contributed by atoms with E-state index in [1.807, 2.05) is 12.1 Å². The number of nitrogens with one attached hydrogen (secondary N) is 1. The lowest BCUT2D eigenvalue weighted by atomic mass is 9.90. The molecule has 0 radical (unpaired) electrons. The second-order valence-electron chi connectivity index (χ2n) is 4.88. The molecule has 1 aliphatic heterocycles. The zero-order valence-corrected chi connectivity index (χ0v) is 9.95. The van der Waals surface area contributed by atoms with Crippen molar-refractivity contribution >= 4 is 0 Å². The fourth-order valence-corrected chi connectivity index (χ4v) is 2.52. The van der Waals surface area contributed by atoms with E-state index < -0.39 is 0 Å². The van der Waals surface area contributed by atoms with Gasteiger partial charge in [-0.25, -0.2) is 0 Å². The lowest BCUT2D eigenvalue weighted by Crippen LogP contribution is -2.34. The van der Waals surface area contributed by atoms with Crippen LogP contribution in [-0.4, -0.2) is 17.7 Å². The third-order valence-corrected chi connectivity index (χ3v) is 3.49. The van der Waals surface area contributed by atoms with Crippen LogP contribution in [0.2, 0.25) is 0 Å². The first-order valence-electron chi connectivity index (χ1n) is 6.28. The minimum Gasteiger partial charge on any atom is -0.508 e. The van der Waals surface area contributed by atoms with E-state index in [1.165, 1.54) is 31.2 Å². The van der Waals surface area contributed by atoms with Crippen LogP contribution in [0.1, 0.15) is 44.1 Å². The summed E-state index contributed by atoms with van der Waals surface area (Å²) in [6.45, 7) is 3.41. The van der Waals surface area contributed by atoms with Crippen LogP contribution in [-0.2, 0) is 0 Å². The van der Waals surface area contributed by atoms with E-state index in [2.05, 4.69) is 18.3 Å². The Morgan fingerprint density at radius 3 is 3.00 bits per heavy atom. The third-order valence-electron chi connectivity index (χ3n) is 3.49. The molecular formula is C14H21NO. The highest BCUT2D eigenvalue weighted by atomic mass is 16.3. The Morgan fingerprint density at radius 2 is 2.31 bits per heavy atom. The predicted molar refractivity (Wildman–Crippen MR) is 66.8 cm³/mol. The largest absolute Gasteiger partial charge is 0.508 e. The third kappa shape index (κ3) is 2.99. The summed E-state index contributed by atoms with van der Waals surface area (Å²) >= 11 is 0. The highest BCUT2D eigenvalue weighted by molar-refractivity contribution is 5.29. The molecule has 2 atom stereocenters. The van der Waals surface area contributed by atoms with E-state index >= 15 is 0 Å². The van der Waals surface area contributed by atoms with E-state index in [4.69, 9.17) is 0 Å². The fourth-order valence-electron chi connectivity index (χ4n) is 2.52. The van der Waals surface area contributed by atoms with Gasteiger partial charge in [0.05, 0.1) is 0 Å². The lowest BCUT2D eigenvalue weighted by molar-refractivity contribution is 0.365. The number of phenols is 1. The first-order chi connectivity index (χ1) is 7.75. The molecule has 2 unspecified atom stereocenters. The summed E-state index contributed by atoms with van der Waals surface area (Å²) in [6, 6.07) is 8.30. The maximum Gasteiger partial charge on any atom is 0.115 e. The Hall–Kier alpha value is -1.02. The maximum absolute atomic E-state index is 9.45. The molecule has 1 fully saturated rings. The normalized spacial score (nSPS) is 22.9. The average Bonchev–Trinajstić information content (AvgIpc) is 2.30. The van der Waals surface area contributed by atoms with Crippen molar-refractivity contribution in [3.63, 3.8) is 0 Å². The summed E-state index contributed by atoms with van der Waals surface area (Å²) < 4.78 is 0. The molecule has 88 valence electrons. The van der Waals surface area contributed by atoms with Crippen molar-refractivity contribution in [1.82, 2.24) is 5.32 Å². The Labute approximate surface area is 97.7 Å². The van der Waals surface area contributed by atoms with Gasteiger partial charge < -0.3 is 10.4 Å². The van der Waals surface area contributed by atoms with Crippen molar-refractivity contribution < 1.29 is 5.11 Å². The number of hydrogen-bond acceptors (Lipinski definition) is 2. The van der Waals surface area contributed by atoms with Crippen molar-refractivity contribution in [2.75, 3.05) is 6.54 Å². The van der Waals surface area contributed by atoms with Gasteiger partial charge in [-0.1, -0.05) is 25.5 Å². The van der Waals surface area contributed by atoms with E-state index in [0.717, 1.165) is 6.54 Å². The van der Waals surface area contributed by atoms with Gasteiger partial charge in [0.15, 0.2) is 0 Å². The number of aromatic hydroxyl groups is 1. The summed E-state index contributed by atoms with van der Waals surface area (Å²) in [7, 11) is 0. The number of piperidine rings is 1. The smallest absolute Gasteiger partial charge is 0.115 e. The quantitative estimate of drug-likeness (QED) is 0.819. The summed E-state index contributed by atoms with van der Waals surface area (Å²) in [4.78, 5) is 0. The summed E-state index contributed by atoms with van der Waals surface area (Å²) in [5, 5.41) is 13.0. The highest BCUT2D eigenvalue weighted by Crippen LogP contribution is 2.25. The van der Waals surface area contributed by atoms with E-state index in [-0.39, 0.29) is 0 Å². The molecule has 0 amide bonds. The Morgan fingerprint density at radius 1 is 1.44 bits per heavy atom. The lowest BCUT2D eigenvalue weighted by Gasteiger charge is -2.26. The molecule has 2 rings (SSSR count). The predicted octanol–water partition coefficient (Wildman–Crippen LogP) is 3.03. The van der Waals surface area contributed by atoms with Crippen LogP contribution < -0.4 is 5.32 Å². The maximum atomic E-state index is 9.45. The van der Waals surface area contributed by atoms with Crippen LogP contribution >= 0.6 is 0 Å². The van der Waals surface area contributed by atoms with Gasteiger partial charge in [0.1, 0.15) is 5.75 Å². The van der Waals surface area contributed by atoms with E-state index in [9.17, 15) is 5.11 Å². The van der Waals surface area contributed by atoms with Gasteiger partial charge in [-0.3, -0.25) is 0 Å². The molecule has 1 aliphatic rings. The molecule has 2 N–H and O–H groups in total. The molecule has 1 aromatic carbocycles. The van der Waals surface area contributed by atoms with Crippen LogP contribution in [0.3, 0.4) is 0 Å². The number of hydrogen-bond donors (Lipinski definition) is 2. The van der Waals surface area contributed by atoms with E-state index in [1.54, 1.807) is 6.07 Å². The topological polar surface area (TPSA) is 32.3 Å². The zero-order valence-electron chi connectivity index (χ0n) is 9.95. The molecule has 2 nitrogen and oxygen atoms in total. The molecule has 0 spiro atoms. The first kappa shape index (κ1) is 11.5. The van der Waals surface area contributed by atoms with Crippen molar-refractivity contribution in [2.24, 2.45) is 0 Å². The summed E-state index contributed by atoms with van der Waals surface area (Å²) in [5.41, 5.74) is 1.24. The molecule has 0 bridgehead atoms. The SMILES string of the molecule is CC(CC1CCCCN1)c1cccc(O)c1. The van der Waals surface area contributed by atoms with Crippen LogP contribution in [0.4, 0.5) is 0 Å². The van der Waals surface area contributed by atoms with E-state index in [0.29, 0.717) is 17.7 Å². The average molecular weight is 219 g/mol.